The van der Waals surface area contributed by atoms with Crippen LogP contribution in [0.15, 0.2) is 0 Å². The molecule has 0 aromatic carbocycles. The number of hydrogen-bond donors (Lipinski definition) is 2. The summed E-state index contributed by atoms with van der Waals surface area (Å²) in [5, 5.41) is 11.7. The highest BCUT2D eigenvalue weighted by Crippen LogP contribution is 2.26. The number of amides is 1. The maximum absolute atomic E-state index is 11.9. The van der Waals surface area contributed by atoms with Crippen molar-refractivity contribution in [1.82, 2.24) is 10.2 Å². The number of halogens is 3. The molecule has 0 aliphatic carbocycles. The summed E-state index contributed by atoms with van der Waals surface area (Å²) in [4.78, 5) is 13.1. The first-order valence-corrected chi connectivity index (χ1v) is 5.89. The lowest BCUT2D eigenvalue weighted by molar-refractivity contribution is -0.139. The SMILES string of the molecule is CC(C)(O)C1CCCN1CC(=O)NCC(F)(F)F. The number of likely N-dealkylation sites (tertiary alicyclic amines) is 1. The fraction of sp³-hybridized carbons (Fsp3) is 0.909. The molecule has 0 aromatic rings. The molecular formula is C11H19F3N2O2. The standard InChI is InChI=1S/C11H19F3N2O2/c1-10(2,18)8-4-3-5-16(8)6-9(17)15-7-11(12,13)14/h8,18H,3-7H2,1-2H3,(H,15,17). The van der Waals surface area contributed by atoms with Crippen LogP contribution >= 0.6 is 0 Å². The largest absolute Gasteiger partial charge is 0.405 e. The highest BCUT2D eigenvalue weighted by Gasteiger charge is 2.37. The van der Waals surface area contributed by atoms with Crippen LogP contribution in [0.3, 0.4) is 0 Å². The zero-order valence-electron chi connectivity index (χ0n) is 10.5. The highest BCUT2D eigenvalue weighted by atomic mass is 19.4. The average molecular weight is 268 g/mol. The third-order valence-corrected chi connectivity index (χ3v) is 3.01. The molecule has 1 unspecified atom stereocenters. The molecule has 1 fully saturated rings. The fourth-order valence-corrected chi connectivity index (χ4v) is 2.25. The van der Waals surface area contributed by atoms with Gasteiger partial charge in [-0.15, -0.1) is 0 Å². The average Bonchev–Trinajstić information content (AvgIpc) is 2.61. The molecule has 0 radical (unpaired) electrons. The van der Waals surface area contributed by atoms with E-state index in [1.807, 2.05) is 5.32 Å². The molecule has 1 heterocycles. The van der Waals surface area contributed by atoms with Crippen LogP contribution in [0.25, 0.3) is 0 Å². The van der Waals surface area contributed by atoms with Crippen LogP contribution in [0.2, 0.25) is 0 Å². The first kappa shape index (κ1) is 15.2. The van der Waals surface area contributed by atoms with E-state index in [1.165, 1.54) is 0 Å². The Morgan fingerprint density at radius 1 is 1.44 bits per heavy atom. The molecule has 4 nitrogen and oxygen atoms in total. The third-order valence-electron chi connectivity index (χ3n) is 3.01. The van der Waals surface area contributed by atoms with Gasteiger partial charge in [0.1, 0.15) is 6.54 Å². The zero-order valence-corrected chi connectivity index (χ0v) is 10.5. The van der Waals surface area contributed by atoms with Crippen LogP contribution < -0.4 is 5.32 Å². The van der Waals surface area contributed by atoms with E-state index in [0.717, 1.165) is 12.8 Å². The van der Waals surface area contributed by atoms with E-state index in [1.54, 1.807) is 18.7 Å². The number of hydrogen-bond acceptors (Lipinski definition) is 3. The summed E-state index contributed by atoms with van der Waals surface area (Å²) in [6.45, 7) is 2.49. The summed E-state index contributed by atoms with van der Waals surface area (Å²) in [5.74, 6) is -0.663. The zero-order chi connectivity index (χ0) is 14.0. The van der Waals surface area contributed by atoms with Gasteiger partial charge in [-0.2, -0.15) is 13.2 Å². The van der Waals surface area contributed by atoms with Gasteiger partial charge in [0.25, 0.3) is 0 Å². The van der Waals surface area contributed by atoms with Crippen LogP contribution in [0, 0.1) is 0 Å². The number of nitrogens with zero attached hydrogens (tertiary/aromatic N) is 1. The van der Waals surface area contributed by atoms with Gasteiger partial charge < -0.3 is 10.4 Å². The maximum atomic E-state index is 11.9. The second kappa shape index (κ2) is 5.44. The second-order valence-electron chi connectivity index (χ2n) is 5.17. The summed E-state index contributed by atoms with van der Waals surface area (Å²) in [7, 11) is 0. The van der Waals surface area contributed by atoms with Crippen molar-refractivity contribution in [1.29, 1.82) is 0 Å². The Morgan fingerprint density at radius 3 is 2.56 bits per heavy atom. The first-order chi connectivity index (χ1) is 8.09. The number of alkyl halides is 3. The van der Waals surface area contributed by atoms with Gasteiger partial charge in [-0.25, -0.2) is 0 Å². The number of aliphatic hydroxyl groups is 1. The number of rotatable bonds is 4. The summed E-state index contributed by atoms with van der Waals surface area (Å²) in [6.07, 6.45) is -2.81. The van der Waals surface area contributed by atoms with E-state index in [-0.39, 0.29) is 12.6 Å². The molecule has 7 heteroatoms. The Bertz CT molecular complexity index is 300. The van der Waals surface area contributed by atoms with Crippen molar-refractivity contribution in [2.24, 2.45) is 0 Å². The van der Waals surface area contributed by atoms with Crippen LogP contribution in [0.1, 0.15) is 26.7 Å². The van der Waals surface area contributed by atoms with E-state index in [2.05, 4.69) is 0 Å². The van der Waals surface area contributed by atoms with Gasteiger partial charge in [-0.3, -0.25) is 9.69 Å². The first-order valence-electron chi connectivity index (χ1n) is 5.89. The molecule has 106 valence electrons. The van der Waals surface area contributed by atoms with Gasteiger partial charge in [0, 0.05) is 6.04 Å². The maximum Gasteiger partial charge on any atom is 0.405 e. The molecule has 2 N–H and O–H groups in total. The number of nitrogens with one attached hydrogen (secondary N) is 1. The summed E-state index contributed by atoms with van der Waals surface area (Å²) in [5.41, 5.74) is -0.958. The lowest BCUT2D eigenvalue weighted by Gasteiger charge is -2.33. The van der Waals surface area contributed by atoms with Gasteiger partial charge in [-0.1, -0.05) is 0 Å². The smallest absolute Gasteiger partial charge is 0.389 e. The molecule has 0 bridgehead atoms. The van der Waals surface area contributed by atoms with Crippen LogP contribution in [-0.4, -0.2) is 53.4 Å². The Labute approximate surface area is 104 Å². The van der Waals surface area contributed by atoms with Crippen molar-refractivity contribution in [3.63, 3.8) is 0 Å². The predicted octanol–water partition coefficient (Wildman–Crippen LogP) is 0.900. The molecule has 0 spiro atoms. The summed E-state index contributed by atoms with van der Waals surface area (Å²) in [6, 6.07) is -0.186. The Morgan fingerprint density at radius 2 is 2.06 bits per heavy atom. The second-order valence-corrected chi connectivity index (χ2v) is 5.17. The highest BCUT2D eigenvalue weighted by molar-refractivity contribution is 5.78. The van der Waals surface area contributed by atoms with E-state index >= 15 is 0 Å². The quantitative estimate of drug-likeness (QED) is 0.796. The minimum atomic E-state index is -4.39. The van der Waals surface area contributed by atoms with Crippen LogP contribution in [0.5, 0.6) is 0 Å². The molecule has 1 saturated heterocycles. The van der Waals surface area contributed by atoms with Gasteiger partial charge in [0.15, 0.2) is 0 Å². The Kier molecular flexibility index (Phi) is 4.61. The van der Waals surface area contributed by atoms with Crippen LogP contribution in [0.4, 0.5) is 13.2 Å². The summed E-state index contributed by atoms with van der Waals surface area (Å²) >= 11 is 0. The summed E-state index contributed by atoms with van der Waals surface area (Å²) < 4.78 is 35.8. The number of carbonyl (C=O) groups is 1. The van der Waals surface area contributed by atoms with Gasteiger partial charge in [0.2, 0.25) is 5.91 Å². The van der Waals surface area contributed by atoms with E-state index < -0.39 is 24.2 Å². The Hall–Kier alpha value is -0.820. The molecule has 1 aliphatic heterocycles. The predicted molar refractivity (Wildman–Crippen MR) is 60.0 cm³/mol. The topological polar surface area (TPSA) is 52.6 Å². The molecular weight excluding hydrogens is 249 g/mol. The van der Waals surface area contributed by atoms with Crippen molar-refractivity contribution >= 4 is 5.91 Å². The van der Waals surface area contributed by atoms with Crippen LogP contribution in [-0.2, 0) is 4.79 Å². The third kappa shape index (κ3) is 4.81. The molecule has 1 aliphatic rings. The lowest BCUT2D eigenvalue weighted by Crippen LogP contribution is -2.49. The normalized spacial score (nSPS) is 22.2. The monoisotopic (exact) mass is 268 g/mol. The van der Waals surface area contributed by atoms with Gasteiger partial charge in [0.05, 0.1) is 12.1 Å². The minimum absolute atomic E-state index is 0.106. The molecule has 1 rings (SSSR count). The van der Waals surface area contributed by atoms with Gasteiger partial charge in [-0.05, 0) is 33.2 Å². The molecule has 0 saturated carbocycles. The van der Waals surface area contributed by atoms with E-state index in [4.69, 9.17) is 0 Å². The Balaban J connectivity index is 2.44. The molecule has 0 aromatic heterocycles. The molecule has 1 amide bonds. The fourth-order valence-electron chi connectivity index (χ4n) is 2.25. The van der Waals surface area contributed by atoms with Crippen molar-refractivity contribution in [3.05, 3.63) is 0 Å². The van der Waals surface area contributed by atoms with E-state index in [9.17, 15) is 23.1 Å². The lowest BCUT2D eigenvalue weighted by atomic mass is 9.97. The molecule has 18 heavy (non-hydrogen) atoms. The van der Waals surface area contributed by atoms with Crippen molar-refractivity contribution < 1.29 is 23.1 Å². The van der Waals surface area contributed by atoms with Crippen molar-refractivity contribution in [3.8, 4) is 0 Å². The van der Waals surface area contributed by atoms with Crippen molar-refractivity contribution in [2.45, 2.75) is 44.5 Å². The molecule has 1 atom stereocenters. The van der Waals surface area contributed by atoms with E-state index in [0.29, 0.717) is 6.54 Å². The minimum Gasteiger partial charge on any atom is -0.389 e. The van der Waals surface area contributed by atoms with Crippen molar-refractivity contribution in [2.75, 3.05) is 19.6 Å². The van der Waals surface area contributed by atoms with Gasteiger partial charge >= 0.3 is 6.18 Å². The number of carbonyl (C=O) groups excluding carboxylic acids is 1.